The zero-order valence-electron chi connectivity index (χ0n) is 18.7. The largest absolute Gasteiger partial charge is 0.356 e. The third-order valence-corrected chi connectivity index (χ3v) is 7.54. The van der Waals surface area contributed by atoms with Gasteiger partial charge in [0.1, 0.15) is 0 Å². The van der Waals surface area contributed by atoms with Crippen molar-refractivity contribution in [2.45, 2.75) is 64.8 Å². The maximum atomic E-state index is 12.8. The second kappa shape index (κ2) is 10.1. The number of carbonyl (C=O) groups excluding carboxylic acids is 1. The van der Waals surface area contributed by atoms with Gasteiger partial charge in [-0.2, -0.15) is 4.52 Å². The second-order valence-corrected chi connectivity index (χ2v) is 9.77. The maximum absolute atomic E-state index is 12.8. The van der Waals surface area contributed by atoms with E-state index in [2.05, 4.69) is 32.1 Å². The van der Waals surface area contributed by atoms with Crippen molar-refractivity contribution in [2.24, 2.45) is 5.92 Å². The molecule has 0 aromatic carbocycles. The Labute approximate surface area is 187 Å². The van der Waals surface area contributed by atoms with Crippen molar-refractivity contribution in [2.75, 3.05) is 37.6 Å². The molecule has 0 spiro atoms. The number of aryl methyl sites for hydroxylation is 1. The van der Waals surface area contributed by atoms with Crippen LogP contribution in [0.4, 0.5) is 5.13 Å². The predicted molar refractivity (Wildman–Crippen MR) is 124 cm³/mol. The number of piperidine rings is 2. The van der Waals surface area contributed by atoms with Crippen LogP contribution in [0.15, 0.2) is 10.9 Å². The number of likely N-dealkylation sites (tertiary alicyclic amines) is 1. The molecule has 1 N–H and O–H groups in total. The number of nitrogens with one attached hydrogen (secondary N) is 1. The molecule has 0 saturated carbocycles. The van der Waals surface area contributed by atoms with E-state index >= 15 is 0 Å². The van der Waals surface area contributed by atoms with Crippen molar-refractivity contribution in [3.05, 3.63) is 22.1 Å². The lowest BCUT2D eigenvalue weighted by Gasteiger charge is -2.35. The summed E-state index contributed by atoms with van der Waals surface area (Å²) >= 11 is 1.41. The van der Waals surface area contributed by atoms with Gasteiger partial charge in [0.15, 0.2) is 0 Å². The Balaban J connectivity index is 1.29. The summed E-state index contributed by atoms with van der Waals surface area (Å²) in [7, 11) is 0. The topological polar surface area (TPSA) is 82.8 Å². The number of fused-ring (bicyclic) bond motifs is 1. The zero-order valence-corrected chi connectivity index (χ0v) is 19.5. The molecule has 8 nitrogen and oxygen atoms in total. The molecule has 0 bridgehead atoms. The first-order valence-corrected chi connectivity index (χ1v) is 12.5. The highest BCUT2D eigenvalue weighted by atomic mass is 32.1. The number of amides is 1. The molecular formula is C22H34N6O2S. The van der Waals surface area contributed by atoms with E-state index in [9.17, 15) is 9.59 Å². The van der Waals surface area contributed by atoms with Gasteiger partial charge in [0.05, 0.1) is 5.92 Å². The number of hydrogen-bond acceptors (Lipinski definition) is 7. The SMILES string of the molecule is CC[C@H]1CCCCN1CCCNC(=O)[C@H]1CCCN(c2nn3c(=O)cc(C)nc3s2)C1. The summed E-state index contributed by atoms with van der Waals surface area (Å²) < 4.78 is 1.36. The van der Waals surface area contributed by atoms with Crippen LogP contribution in [0.2, 0.25) is 0 Å². The molecule has 4 rings (SSSR count). The van der Waals surface area contributed by atoms with E-state index in [1.807, 2.05) is 6.92 Å². The summed E-state index contributed by atoms with van der Waals surface area (Å²) in [5.41, 5.74) is 0.543. The molecule has 31 heavy (non-hydrogen) atoms. The predicted octanol–water partition coefficient (Wildman–Crippen LogP) is 2.45. The van der Waals surface area contributed by atoms with E-state index in [0.29, 0.717) is 17.2 Å². The Morgan fingerprint density at radius 2 is 2.13 bits per heavy atom. The number of hydrogen-bond donors (Lipinski definition) is 1. The average molecular weight is 447 g/mol. The summed E-state index contributed by atoms with van der Waals surface area (Å²) in [6, 6.07) is 2.21. The summed E-state index contributed by atoms with van der Waals surface area (Å²) in [5, 5.41) is 8.39. The lowest BCUT2D eigenvalue weighted by atomic mass is 9.97. The lowest BCUT2D eigenvalue weighted by Crippen LogP contribution is -2.44. The van der Waals surface area contributed by atoms with E-state index in [1.54, 1.807) is 0 Å². The summed E-state index contributed by atoms with van der Waals surface area (Å²) in [4.78, 5) is 34.7. The minimum Gasteiger partial charge on any atom is -0.356 e. The van der Waals surface area contributed by atoms with Crippen molar-refractivity contribution < 1.29 is 4.79 Å². The Morgan fingerprint density at radius 3 is 2.97 bits per heavy atom. The molecule has 2 aliphatic heterocycles. The van der Waals surface area contributed by atoms with Gasteiger partial charge in [0, 0.05) is 44.0 Å². The van der Waals surface area contributed by atoms with Gasteiger partial charge < -0.3 is 15.1 Å². The highest BCUT2D eigenvalue weighted by molar-refractivity contribution is 7.20. The van der Waals surface area contributed by atoms with Gasteiger partial charge in [-0.05, 0) is 52.0 Å². The van der Waals surface area contributed by atoms with Crippen molar-refractivity contribution in [3.63, 3.8) is 0 Å². The van der Waals surface area contributed by atoms with Crippen LogP contribution in [-0.2, 0) is 4.79 Å². The van der Waals surface area contributed by atoms with E-state index in [0.717, 1.165) is 50.1 Å². The molecule has 2 fully saturated rings. The smallest absolute Gasteiger partial charge is 0.275 e. The fraction of sp³-hybridized carbons (Fsp3) is 0.727. The Bertz CT molecular complexity index is 957. The van der Waals surface area contributed by atoms with Gasteiger partial charge in [0.2, 0.25) is 16.0 Å². The quantitative estimate of drug-likeness (QED) is 0.658. The molecule has 0 unspecified atom stereocenters. The summed E-state index contributed by atoms with van der Waals surface area (Å²) in [6.45, 7) is 8.59. The van der Waals surface area contributed by atoms with Crippen LogP contribution in [0.3, 0.4) is 0 Å². The molecule has 2 saturated heterocycles. The minimum absolute atomic E-state index is 0.0365. The van der Waals surface area contributed by atoms with E-state index in [-0.39, 0.29) is 17.4 Å². The molecule has 4 heterocycles. The van der Waals surface area contributed by atoms with Crippen molar-refractivity contribution in [1.82, 2.24) is 24.8 Å². The van der Waals surface area contributed by atoms with Crippen LogP contribution in [0.1, 0.15) is 57.6 Å². The van der Waals surface area contributed by atoms with Gasteiger partial charge >= 0.3 is 0 Å². The molecule has 1 amide bonds. The zero-order chi connectivity index (χ0) is 21.8. The van der Waals surface area contributed by atoms with E-state index < -0.39 is 0 Å². The summed E-state index contributed by atoms with van der Waals surface area (Å²) in [5.74, 6) is 0.105. The van der Waals surface area contributed by atoms with E-state index in [1.165, 1.54) is 54.1 Å². The fourth-order valence-corrected chi connectivity index (χ4v) is 5.85. The Hall–Kier alpha value is -2.00. The fourth-order valence-electron chi connectivity index (χ4n) is 4.86. The first kappa shape index (κ1) is 22.2. The number of nitrogens with zero attached hydrogens (tertiary/aromatic N) is 5. The van der Waals surface area contributed by atoms with Crippen molar-refractivity contribution in [3.8, 4) is 0 Å². The van der Waals surface area contributed by atoms with Crippen LogP contribution >= 0.6 is 11.3 Å². The average Bonchev–Trinajstić information content (AvgIpc) is 3.21. The van der Waals surface area contributed by atoms with Gasteiger partial charge in [0.25, 0.3) is 5.56 Å². The standard InChI is InChI=1S/C22H34N6O2S/c1-3-18-9-4-5-11-26(18)13-7-10-23-20(30)17-8-6-12-27(15-17)22-25-28-19(29)14-16(2)24-21(28)31-22/h14,17-18H,3-13,15H2,1-2H3,(H,23,30)/t17-,18-/m0/s1. The highest BCUT2D eigenvalue weighted by Crippen LogP contribution is 2.27. The Morgan fingerprint density at radius 1 is 1.26 bits per heavy atom. The normalized spacial score (nSPS) is 22.7. The van der Waals surface area contributed by atoms with E-state index in [4.69, 9.17) is 0 Å². The molecular weight excluding hydrogens is 412 g/mol. The van der Waals surface area contributed by atoms with Gasteiger partial charge in [-0.15, -0.1) is 5.10 Å². The maximum Gasteiger partial charge on any atom is 0.275 e. The Kier molecular flexibility index (Phi) is 7.22. The lowest BCUT2D eigenvalue weighted by molar-refractivity contribution is -0.125. The minimum atomic E-state index is -0.157. The van der Waals surface area contributed by atoms with Crippen LogP contribution in [-0.4, -0.2) is 64.2 Å². The number of rotatable bonds is 7. The monoisotopic (exact) mass is 446 g/mol. The molecule has 0 radical (unpaired) electrons. The first-order chi connectivity index (χ1) is 15.0. The molecule has 2 aromatic rings. The first-order valence-electron chi connectivity index (χ1n) is 11.7. The van der Waals surface area contributed by atoms with Crippen molar-refractivity contribution in [1.29, 1.82) is 0 Å². The number of carbonyl (C=O) groups is 1. The van der Waals surface area contributed by atoms with Gasteiger partial charge in [-0.3, -0.25) is 9.59 Å². The van der Waals surface area contributed by atoms with Crippen LogP contribution in [0.25, 0.3) is 4.96 Å². The molecule has 0 aliphatic carbocycles. The highest BCUT2D eigenvalue weighted by Gasteiger charge is 2.28. The molecule has 170 valence electrons. The third-order valence-electron chi connectivity index (χ3n) is 6.57. The third kappa shape index (κ3) is 5.26. The summed E-state index contributed by atoms with van der Waals surface area (Å²) in [6.07, 6.45) is 8.03. The molecule has 2 aromatic heterocycles. The van der Waals surface area contributed by atoms with Crippen LogP contribution in [0, 0.1) is 12.8 Å². The molecule has 9 heteroatoms. The van der Waals surface area contributed by atoms with Crippen LogP contribution in [0.5, 0.6) is 0 Å². The van der Waals surface area contributed by atoms with Gasteiger partial charge in [-0.1, -0.05) is 24.7 Å². The second-order valence-electron chi connectivity index (χ2n) is 8.84. The molecule has 2 aliphatic rings. The van der Waals surface area contributed by atoms with Crippen molar-refractivity contribution >= 4 is 27.3 Å². The number of anilines is 1. The van der Waals surface area contributed by atoms with Crippen LogP contribution < -0.4 is 15.8 Å². The van der Waals surface area contributed by atoms with Gasteiger partial charge in [-0.25, -0.2) is 4.98 Å². The number of aromatic nitrogens is 3. The molecule has 2 atom stereocenters.